The molecule has 6 heteroatoms. The number of amides is 1. The third kappa shape index (κ3) is 4.32. The summed E-state index contributed by atoms with van der Waals surface area (Å²) in [6.07, 6.45) is 0. The summed E-state index contributed by atoms with van der Waals surface area (Å²) in [6, 6.07) is 18.3. The van der Waals surface area contributed by atoms with Gasteiger partial charge in [0.25, 0.3) is 5.91 Å². The third-order valence-corrected chi connectivity index (χ3v) is 3.57. The number of nitrogens with one attached hydrogen (secondary N) is 2. The van der Waals surface area contributed by atoms with Gasteiger partial charge in [0.05, 0.1) is 7.11 Å². The number of benzene rings is 2. The van der Waals surface area contributed by atoms with Crippen molar-refractivity contribution in [2.24, 2.45) is 0 Å². The van der Waals surface area contributed by atoms with E-state index in [-0.39, 0.29) is 11.6 Å². The molecule has 0 saturated heterocycles. The highest BCUT2D eigenvalue weighted by atomic mass is 16.5. The average Bonchev–Trinajstić information content (AvgIpc) is 2.65. The van der Waals surface area contributed by atoms with Crippen LogP contribution >= 0.6 is 0 Å². The Kier molecular flexibility index (Phi) is 4.89. The zero-order valence-electron chi connectivity index (χ0n) is 14.0. The fourth-order valence-electron chi connectivity index (χ4n) is 2.17. The molecule has 0 atom stereocenters. The van der Waals surface area contributed by atoms with Crippen LogP contribution in [0.3, 0.4) is 0 Å². The van der Waals surface area contributed by atoms with Crippen molar-refractivity contribution in [2.75, 3.05) is 17.7 Å². The molecule has 0 bridgehead atoms. The first kappa shape index (κ1) is 16.4. The minimum absolute atomic E-state index is 0.251. The molecule has 3 rings (SSSR count). The topological polar surface area (TPSA) is 76.1 Å². The number of aromatic nitrogens is 2. The standard InChI is InChI=1S/C19H18N4O2/c1-13-3-5-15(6-4-13)21-19(24)17-11-12-18(23-22-17)20-14-7-9-16(25-2)10-8-14/h3-12H,1-2H3,(H,20,23)(H,21,24). The fourth-order valence-corrected chi connectivity index (χ4v) is 2.17. The van der Waals surface area contributed by atoms with Crippen molar-refractivity contribution in [2.45, 2.75) is 6.92 Å². The Bertz CT molecular complexity index is 844. The molecule has 1 aromatic heterocycles. The molecule has 0 aliphatic heterocycles. The van der Waals surface area contributed by atoms with Gasteiger partial charge in [0, 0.05) is 11.4 Å². The van der Waals surface area contributed by atoms with Crippen LogP contribution in [0.15, 0.2) is 60.7 Å². The number of hydrogen-bond donors (Lipinski definition) is 2. The van der Waals surface area contributed by atoms with E-state index in [0.29, 0.717) is 5.82 Å². The van der Waals surface area contributed by atoms with E-state index >= 15 is 0 Å². The Hall–Kier alpha value is -3.41. The molecule has 25 heavy (non-hydrogen) atoms. The van der Waals surface area contributed by atoms with Gasteiger partial charge in [-0.25, -0.2) is 0 Å². The summed E-state index contributed by atoms with van der Waals surface area (Å²) < 4.78 is 5.12. The van der Waals surface area contributed by atoms with Gasteiger partial charge in [0.15, 0.2) is 11.5 Å². The number of hydrogen-bond acceptors (Lipinski definition) is 5. The Labute approximate surface area is 145 Å². The molecule has 0 aliphatic carbocycles. The lowest BCUT2D eigenvalue weighted by molar-refractivity contribution is 0.102. The predicted molar refractivity (Wildman–Crippen MR) is 97.4 cm³/mol. The molecular formula is C19H18N4O2. The second kappa shape index (κ2) is 7.44. The summed E-state index contributed by atoms with van der Waals surface area (Å²) in [5.74, 6) is 1.03. The number of carbonyl (C=O) groups is 1. The number of aryl methyl sites for hydroxylation is 1. The zero-order chi connectivity index (χ0) is 17.6. The third-order valence-electron chi connectivity index (χ3n) is 3.57. The van der Waals surface area contributed by atoms with E-state index in [9.17, 15) is 4.79 Å². The Balaban J connectivity index is 1.64. The monoisotopic (exact) mass is 334 g/mol. The highest BCUT2D eigenvalue weighted by Crippen LogP contribution is 2.18. The Morgan fingerprint density at radius 1 is 0.880 bits per heavy atom. The minimum atomic E-state index is -0.299. The minimum Gasteiger partial charge on any atom is -0.497 e. The van der Waals surface area contributed by atoms with Crippen LogP contribution in [-0.4, -0.2) is 23.2 Å². The molecule has 2 aromatic carbocycles. The summed E-state index contributed by atoms with van der Waals surface area (Å²) >= 11 is 0. The lowest BCUT2D eigenvalue weighted by Gasteiger charge is -2.07. The summed E-state index contributed by atoms with van der Waals surface area (Å²) in [7, 11) is 1.62. The molecule has 0 aliphatic rings. The molecule has 126 valence electrons. The van der Waals surface area contributed by atoms with E-state index in [1.807, 2.05) is 55.5 Å². The molecule has 3 aromatic rings. The van der Waals surface area contributed by atoms with Crippen molar-refractivity contribution in [1.29, 1.82) is 0 Å². The SMILES string of the molecule is COc1ccc(Nc2ccc(C(=O)Nc3ccc(C)cc3)nn2)cc1. The normalized spacial score (nSPS) is 10.2. The molecular weight excluding hydrogens is 316 g/mol. The molecule has 0 fully saturated rings. The van der Waals surface area contributed by atoms with Crippen molar-refractivity contribution >= 4 is 23.1 Å². The van der Waals surface area contributed by atoms with Crippen LogP contribution in [0.1, 0.15) is 16.1 Å². The van der Waals surface area contributed by atoms with E-state index in [1.165, 1.54) is 0 Å². The van der Waals surface area contributed by atoms with Crippen LogP contribution in [0.4, 0.5) is 17.2 Å². The van der Waals surface area contributed by atoms with Gasteiger partial charge in [-0.2, -0.15) is 0 Å². The number of methoxy groups -OCH3 is 1. The van der Waals surface area contributed by atoms with Gasteiger partial charge in [-0.15, -0.1) is 10.2 Å². The van der Waals surface area contributed by atoms with Crippen molar-refractivity contribution in [3.63, 3.8) is 0 Å². The van der Waals surface area contributed by atoms with Gasteiger partial charge in [0.1, 0.15) is 5.75 Å². The van der Waals surface area contributed by atoms with Crippen LogP contribution < -0.4 is 15.4 Å². The van der Waals surface area contributed by atoms with Gasteiger partial charge >= 0.3 is 0 Å². The van der Waals surface area contributed by atoms with Gasteiger partial charge in [-0.1, -0.05) is 17.7 Å². The molecule has 1 amide bonds. The molecule has 1 heterocycles. The number of carbonyl (C=O) groups excluding carboxylic acids is 1. The van der Waals surface area contributed by atoms with E-state index < -0.39 is 0 Å². The largest absolute Gasteiger partial charge is 0.497 e. The zero-order valence-corrected chi connectivity index (χ0v) is 14.0. The van der Waals surface area contributed by atoms with Crippen LogP contribution in [-0.2, 0) is 0 Å². The molecule has 2 N–H and O–H groups in total. The van der Waals surface area contributed by atoms with Crippen molar-refractivity contribution in [3.8, 4) is 5.75 Å². The molecule has 0 saturated carbocycles. The first-order chi connectivity index (χ1) is 12.1. The highest BCUT2D eigenvalue weighted by molar-refractivity contribution is 6.02. The Morgan fingerprint density at radius 2 is 1.56 bits per heavy atom. The number of rotatable bonds is 5. The van der Waals surface area contributed by atoms with Gasteiger partial charge in [-0.05, 0) is 55.5 Å². The van der Waals surface area contributed by atoms with Crippen LogP contribution in [0.25, 0.3) is 0 Å². The lowest BCUT2D eigenvalue weighted by atomic mass is 10.2. The van der Waals surface area contributed by atoms with Gasteiger partial charge < -0.3 is 15.4 Å². The maximum absolute atomic E-state index is 12.2. The number of nitrogens with zero attached hydrogens (tertiary/aromatic N) is 2. The van der Waals surface area contributed by atoms with E-state index in [1.54, 1.807) is 19.2 Å². The van der Waals surface area contributed by atoms with Gasteiger partial charge in [-0.3, -0.25) is 4.79 Å². The first-order valence-electron chi connectivity index (χ1n) is 7.77. The average molecular weight is 334 g/mol. The van der Waals surface area contributed by atoms with Crippen LogP contribution in [0.2, 0.25) is 0 Å². The highest BCUT2D eigenvalue weighted by Gasteiger charge is 2.09. The summed E-state index contributed by atoms with van der Waals surface area (Å²) in [6.45, 7) is 1.99. The summed E-state index contributed by atoms with van der Waals surface area (Å²) in [4.78, 5) is 12.2. The van der Waals surface area contributed by atoms with E-state index in [4.69, 9.17) is 4.74 Å². The predicted octanol–water partition coefficient (Wildman–Crippen LogP) is 3.79. The number of anilines is 3. The molecule has 0 spiro atoms. The number of ether oxygens (including phenoxy) is 1. The summed E-state index contributed by atoms with van der Waals surface area (Å²) in [5.41, 5.74) is 2.96. The second-order valence-corrected chi connectivity index (χ2v) is 5.48. The van der Waals surface area contributed by atoms with Crippen molar-refractivity contribution < 1.29 is 9.53 Å². The van der Waals surface area contributed by atoms with Crippen LogP contribution in [0.5, 0.6) is 5.75 Å². The van der Waals surface area contributed by atoms with Crippen molar-refractivity contribution in [1.82, 2.24) is 10.2 Å². The second-order valence-electron chi connectivity index (χ2n) is 5.48. The maximum atomic E-state index is 12.2. The fraction of sp³-hybridized carbons (Fsp3) is 0.105. The maximum Gasteiger partial charge on any atom is 0.276 e. The smallest absolute Gasteiger partial charge is 0.276 e. The Morgan fingerprint density at radius 3 is 2.16 bits per heavy atom. The van der Waals surface area contributed by atoms with Crippen LogP contribution in [0, 0.1) is 6.92 Å². The molecule has 6 nitrogen and oxygen atoms in total. The summed E-state index contributed by atoms with van der Waals surface area (Å²) in [5, 5.41) is 13.9. The van der Waals surface area contributed by atoms with Gasteiger partial charge in [0.2, 0.25) is 0 Å². The quantitative estimate of drug-likeness (QED) is 0.742. The first-order valence-corrected chi connectivity index (χ1v) is 7.77. The van der Waals surface area contributed by atoms with E-state index in [2.05, 4.69) is 20.8 Å². The lowest BCUT2D eigenvalue weighted by Crippen LogP contribution is -2.14. The molecule has 0 unspecified atom stereocenters. The van der Waals surface area contributed by atoms with Crippen molar-refractivity contribution in [3.05, 3.63) is 71.9 Å². The van der Waals surface area contributed by atoms with E-state index in [0.717, 1.165) is 22.7 Å². The molecule has 0 radical (unpaired) electrons.